The summed E-state index contributed by atoms with van der Waals surface area (Å²) in [6, 6.07) is -4.32. The van der Waals surface area contributed by atoms with Crippen molar-refractivity contribution in [3.05, 3.63) is 0 Å². The molecule has 9 atom stereocenters. The molecule has 1 fully saturated rings. The molecular weight excluding hydrogens is 488 g/mol. The maximum atomic E-state index is 12.7. The summed E-state index contributed by atoms with van der Waals surface area (Å²) in [7, 11) is 0. The fourth-order valence-electron chi connectivity index (χ4n) is 3.42. The zero-order valence-electron chi connectivity index (χ0n) is 20.0. The Labute approximate surface area is 206 Å². The molecule has 16 nitrogen and oxygen atoms in total. The van der Waals surface area contributed by atoms with Gasteiger partial charge in [-0.2, -0.15) is 0 Å². The number of ether oxygens (including phenoxy) is 2. The molecule has 0 aromatic rings. The number of carbonyl (C=O) groups excluding carboxylic acids is 4. The summed E-state index contributed by atoms with van der Waals surface area (Å²) >= 11 is 0. The van der Waals surface area contributed by atoms with Gasteiger partial charge >= 0.3 is 5.97 Å². The molecule has 1 aliphatic rings. The zero-order chi connectivity index (χ0) is 27.7. The van der Waals surface area contributed by atoms with Crippen molar-refractivity contribution >= 4 is 29.6 Å². The van der Waals surface area contributed by atoms with E-state index in [1.807, 2.05) is 0 Å². The van der Waals surface area contributed by atoms with Crippen LogP contribution in [0.15, 0.2) is 0 Å². The number of aliphatic hydroxyl groups is 4. The van der Waals surface area contributed by atoms with Crippen molar-refractivity contribution in [3.8, 4) is 0 Å². The van der Waals surface area contributed by atoms with Crippen molar-refractivity contribution in [2.75, 3.05) is 6.61 Å². The minimum absolute atomic E-state index is 0.322. The Balaban J connectivity index is 2.96. The number of nitrogens with one attached hydrogen (secondary N) is 3. The van der Waals surface area contributed by atoms with Crippen LogP contribution in [-0.2, 0) is 33.4 Å². The normalized spacial score (nSPS) is 27.1. The van der Waals surface area contributed by atoms with Gasteiger partial charge in [-0.25, -0.2) is 0 Å². The van der Waals surface area contributed by atoms with Crippen LogP contribution < -0.4 is 21.7 Å². The largest absolute Gasteiger partial charge is 0.481 e. The summed E-state index contributed by atoms with van der Waals surface area (Å²) in [5.74, 6) is -4.86. The monoisotopic (exact) mass is 522 g/mol. The van der Waals surface area contributed by atoms with Gasteiger partial charge in [-0.1, -0.05) is 0 Å². The molecule has 1 aliphatic heterocycles. The van der Waals surface area contributed by atoms with Crippen LogP contribution in [0.3, 0.4) is 0 Å². The standard InChI is InChI=1S/C20H34N4O12/c1-7(26)13(19(33)23-10(17(21)31)4-5-12(28)29)24-18(32)8(2)35-16-14(22-9(3)27)20(34)36-11(6-25)15(16)30/h7-8,10-11,13-16,20,25-26,30,34H,4-6H2,1-3H3,(H2,21,31)(H,22,27)(H,23,33)(H,24,32)(H,28,29)/t7?,8?,10-,11-,13+,14-,15-,16-,20?/m1/s1. The Bertz CT molecular complexity index is 810. The number of rotatable bonds is 13. The quantitative estimate of drug-likeness (QED) is 0.110. The minimum atomic E-state index is -1.69. The van der Waals surface area contributed by atoms with E-state index in [-0.39, 0.29) is 6.42 Å². The molecule has 0 spiro atoms. The molecule has 1 saturated heterocycles. The highest BCUT2D eigenvalue weighted by Gasteiger charge is 2.47. The SMILES string of the molecule is CC(=O)N[C@H]1C(O)O[C@H](CO)[C@@H](O)[C@@H]1OC(C)C(=O)N[C@H](C(=O)N[C@H](CCC(=O)O)C(N)=O)C(C)O. The first kappa shape index (κ1) is 31.1. The van der Waals surface area contributed by atoms with Gasteiger partial charge in [-0.05, 0) is 20.3 Å². The lowest BCUT2D eigenvalue weighted by Gasteiger charge is -2.43. The second-order valence-electron chi connectivity index (χ2n) is 8.33. The van der Waals surface area contributed by atoms with Crippen LogP contribution >= 0.6 is 0 Å². The number of aliphatic hydroxyl groups excluding tert-OH is 4. The maximum Gasteiger partial charge on any atom is 0.303 e. The molecule has 206 valence electrons. The molecular formula is C20H34N4O12. The molecule has 36 heavy (non-hydrogen) atoms. The van der Waals surface area contributed by atoms with Crippen LogP contribution in [0.1, 0.15) is 33.6 Å². The summed E-state index contributed by atoms with van der Waals surface area (Å²) in [4.78, 5) is 59.1. The van der Waals surface area contributed by atoms with Gasteiger partial charge in [0.1, 0.15) is 42.5 Å². The summed E-state index contributed by atoms with van der Waals surface area (Å²) in [5, 5.41) is 55.5. The lowest BCUT2D eigenvalue weighted by molar-refractivity contribution is -0.266. The summed E-state index contributed by atoms with van der Waals surface area (Å²) in [5.41, 5.74) is 5.18. The molecule has 0 bridgehead atoms. The Morgan fingerprint density at radius 1 is 1.08 bits per heavy atom. The number of carboxylic acids is 1. The Morgan fingerprint density at radius 3 is 2.17 bits per heavy atom. The van der Waals surface area contributed by atoms with E-state index in [1.54, 1.807) is 0 Å². The third-order valence-corrected chi connectivity index (χ3v) is 5.34. The van der Waals surface area contributed by atoms with Gasteiger partial charge in [-0.3, -0.25) is 24.0 Å². The Hall–Kier alpha value is -2.89. The van der Waals surface area contributed by atoms with Crippen molar-refractivity contribution in [1.82, 2.24) is 16.0 Å². The first-order chi connectivity index (χ1) is 16.7. The van der Waals surface area contributed by atoms with E-state index in [9.17, 15) is 44.4 Å². The molecule has 10 N–H and O–H groups in total. The predicted octanol–water partition coefficient (Wildman–Crippen LogP) is -4.96. The second-order valence-corrected chi connectivity index (χ2v) is 8.33. The topological polar surface area (TPSA) is 267 Å². The van der Waals surface area contributed by atoms with Crippen molar-refractivity contribution in [2.24, 2.45) is 5.73 Å². The van der Waals surface area contributed by atoms with E-state index in [0.717, 1.165) is 6.92 Å². The van der Waals surface area contributed by atoms with Gasteiger partial charge < -0.3 is 56.7 Å². The van der Waals surface area contributed by atoms with Crippen LogP contribution in [-0.4, -0.2) is 117 Å². The molecule has 0 aliphatic carbocycles. The molecule has 4 amide bonds. The molecule has 0 aromatic heterocycles. The van der Waals surface area contributed by atoms with Gasteiger partial charge in [0.05, 0.1) is 12.7 Å². The second kappa shape index (κ2) is 14.0. The predicted molar refractivity (Wildman–Crippen MR) is 118 cm³/mol. The Kier molecular flexibility index (Phi) is 12.1. The zero-order valence-corrected chi connectivity index (χ0v) is 20.0. The van der Waals surface area contributed by atoms with Crippen molar-refractivity contribution < 1.29 is 59.0 Å². The summed E-state index contributed by atoms with van der Waals surface area (Å²) in [6.45, 7) is 2.81. The van der Waals surface area contributed by atoms with E-state index in [1.165, 1.54) is 13.8 Å². The fourth-order valence-corrected chi connectivity index (χ4v) is 3.42. The highest BCUT2D eigenvalue weighted by atomic mass is 16.6. The number of hydrogen-bond donors (Lipinski definition) is 9. The number of carbonyl (C=O) groups is 5. The first-order valence-electron chi connectivity index (χ1n) is 11.0. The van der Waals surface area contributed by atoms with E-state index >= 15 is 0 Å². The third-order valence-electron chi connectivity index (χ3n) is 5.34. The van der Waals surface area contributed by atoms with E-state index in [2.05, 4.69) is 16.0 Å². The smallest absolute Gasteiger partial charge is 0.303 e. The van der Waals surface area contributed by atoms with E-state index in [4.69, 9.17) is 20.3 Å². The first-order valence-corrected chi connectivity index (χ1v) is 11.0. The van der Waals surface area contributed by atoms with Crippen LogP contribution in [0.5, 0.6) is 0 Å². The van der Waals surface area contributed by atoms with Crippen molar-refractivity contribution in [3.63, 3.8) is 0 Å². The molecule has 0 aromatic carbocycles. The molecule has 16 heteroatoms. The lowest BCUT2D eigenvalue weighted by atomic mass is 9.96. The number of carboxylic acid groups (broad SMARTS) is 1. The van der Waals surface area contributed by atoms with Gasteiger partial charge in [0.15, 0.2) is 6.29 Å². The summed E-state index contributed by atoms with van der Waals surface area (Å²) in [6.07, 6.45) is -9.70. The molecule has 1 heterocycles. The third kappa shape index (κ3) is 8.96. The fraction of sp³-hybridized carbons (Fsp3) is 0.750. The van der Waals surface area contributed by atoms with Gasteiger partial charge in [0.25, 0.3) is 0 Å². The van der Waals surface area contributed by atoms with Crippen molar-refractivity contribution in [2.45, 2.75) is 88.5 Å². The van der Waals surface area contributed by atoms with E-state index < -0.39 is 97.6 Å². The van der Waals surface area contributed by atoms with E-state index in [0.29, 0.717) is 0 Å². The van der Waals surface area contributed by atoms with Crippen LogP contribution in [0.2, 0.25) is 0 Å². The number of hydrogen-bond acceptors (Lipinski definition) is 11. The average Bonchev–Trinajstić information content (AvgIpc) is 2.77. The average molecular weight is 523 g/mol. The van der Waals surface area contributed by atoms with Crippen LogP contribution in [0.4, 0.5) is 0 Å². The maximum absolute atomic E-state index is 12.7. The lowest BCUT2D eigenvalue weighted by Crippen LogP contribution is -2.66. The molecule has 1 rings (SSSR count). The van der Waals surface area contributed by atoms with Gasteiger partial charge in [0, 0.05) is 13.3 Å². The number of amides is 4. The number of nitrogens with two attached hydrogens (primary N) is 1. The van der Waals surface area contributed by atoms with Crippen molar-refractivity contribution in [1.29, 1.82) is 0 Å². The summed E-state index contributed by atoms with van der Waals surface area (Å²) < 4.78 is 10.6. The highest BCUT2D eigenvalue weighted by Crippen LogP contribution is 2.23. The highest BCUT2D eigenvalue weighted by molar-refractivity contribution is 5.93. The minimum Gasteiger partial charge on any atom is -0.481 e. The van der Waals surface area contributed by atoms with Crippen LogP contribution in [0, 0.1) is 0 Å². The van der Waals surface area contributed by atoms with Gasteiger partial charge in [-0.15, -0.1) is 0 Å². The van der Waals surface area contributed by atoms with Gasteiger partial charge in [0.2, 0.25) is 23.6 Å². The molecule has 0 radical (unpaired) electrons. The number of aliphatic carboxylic acids is 1. The molecule has 0 saturated carbocycles. The molecule has 3 unspecified atom stereocenters. The number of primary amides is 1. The van der Waals surface area contributed by atoms with Crippen LogP contribution in [0.25, 0.3) is 0 Å². The Morgan fingerprint density at radius 2 is 1.69 bits per heavy atom.